The van der Waals surface area contributed by atoms with Gasteiger partial charge in [-0.1, -0.05) is 18.2 Å². The summed E-state index contributed by atoms with van der Waals surface area (Å²) in [6, 6.07) is 9.35. The number of rotatable bonds is 2. The van der Waals surface area contributed by atoms with Gasteiger partial charge in [0, 0.05) is 30.4 Å². The van der Waals surface area contributed by atoms with Crippen molar-refractivity contribution in [1.29, 1.82) is 0 Å². The number of morpholine rings is 1. The Balaban J connectivity index is 1.97. The minimum absolute atomic E-state index is 0.0524. The molecule has 1 aliphatic heterocycles. The topological polar surface area (TPSA) is 47.4 Å². The van der Waals surface area contributed by atoms with Crippen molar-refractivity contribution in [2.75, 3.05) is 19.8 Å². The lowest BCUT2D eigenvalue weighted by atomic mass is 10.0. The molecule has 2 aromatic rings. The predicted molar refractivity (Wildman–Crippen MR) is 83.7 cm³/mol. The molecule has 0 N–H and O–H groups in total. The van der Waals surface area contributed by atoms with E-state index in [0.717, 1.165) is 17.0 Å². The van der Waals surface area contributed by atoms with E-state index in [4.69, 9.17) is 4.74 Å². The van der Waals surface area contributed by atoms with Crippen LogP contribution in [0.1, 0.15) is 33.4 Å². The molecule has 0 spiro atoms. The number of hydrogen-bond acceptors (Lipinski definition) is 3. The molecule has 0 saturated carbocycles. The summed E-state index contributed by atoms with van der Waals surface area (Å²) < 4.78 is 7.51. The lowest BCUT2D eigenvalue weighted by Crippen LogP contribution is -2.43. The number of aryl methyl sites for hydroxylation is 2. The summed E-state index contributed by atoms with van der Waals surface area (Å²) >= 11 is 0. The molecule has 2 heterocycles. The Morgan fingerprint density at radius 3 is 2.64 bits per heavy atom. The smallest absolute Gasteiger partial charge is 0.254 e. The van der Waals surface area contributed by atoms with E-state index >= 15 is 0 Å². The zero-order valence-corrected chi connectivity index (χ0v) is 13.2. The molecular formula is C17H21N3O2. The third kappa shape index (κ3) is 2.52. The lowest BCUT2D eigenvalue weighted by molar-refractivity contribution is -0.00304. The second-order valence-corrected chi connectivity index (χ2v) is 5.66. The zero-order chi connectivity index (χ0) is 15.7. The lowest BCUT2D eigenvalue weighted by Gasteiger charge is -2.36. The van der Waals surface area contributed by atoms with E-state index in [0.29, 0.717) is 25.3 Å². The minimum atomic E-state index is -0.0739. The van der Waals surface area contributed by atoms with Crippen LogP contribution in [0.15, 0.2) is 30.3 Å². The highest BCUT2D eigenvalue weighted by molar-refractivity contribution is 5.94. The highest BCUT2D eigenvalue weighted by atomic mass is 16.5. The van der Waals surface area contributed by atoms with E-state index < -0.39 is 0 Å². The number of benzene rings is 1. The summed E-state index contributed by atoms with van der Waals surface area (Å²) in [5.41, 5.74) is 3.86. The molecule has 1 fully saturated rings. The fourth-order valence-electron chi connectivity index (χ4n) is 3.10. The summed E-state index contributed by atoms with van der Waals surface area (Å²) in [5, 5.41) is 4.48. The van der Waals surface area contributed by atoms with Crippen LogP contribution >= 0.6 is 0 Å². The zero-order valence-electron chi connectivity index (χ0n) is 13.2. The third-order valence-corrected chi connectivity index (χ3v) is 4.31. The maximum atomic E-state index is 12.9. The molecule has 116 valence electrons. The van der Waals surface area contributed by atoms with Gasteiger partial charge < -0.3 is 9.64 Å². The molecule has 1 aromatic heterocycles. The van der Waals surface area contributed by atoms with E-state index in [1.807, 2.05) is 60.8 Å². The third-order valence-electron chi connectivity index (χ3n) is 4.31. The first-order valence-electron chi connectivity index (χ1n) is 7.53. The van der Waals surface area contributed by atoms with E-state index in [1.54, 1.807) is 0 Å². The molecule has 1 amide bonds. The maximum absolute atomic E-state index is 12.9. The minimum Gasteiger partial charge on any atom is -0.377 e. The van der Waals surface area contributed by atoms with Gasteiger partial charge in [0.25, 0.3) is 5.91 Å². The number of nitrogens with zero attached hydrogens (tertiary/aromatic N) is 3. The van der Waals surface area contributed by atoms with Crippen molar-refractivity contribution in [3.05, 3.63) is 52.8 Å². The van der Waals surface area contributed by atoms with E-state index in [2.05, 4.69) is 5.10 Å². The highest BCUT2D eigenvalue weighted by Crippen LogP contribution is 2.30. The van der Waals surface area contributed by atoms with Crippen molar-refractivity contribution >= 4 is 5.91 Å². The van der Waals surface area contributed by atoms with Gasteiger partial charge in [-0.25, -0.2) is 0 Å². The quantitative estimate of drug-likeness (QED) is 0.854. The van der Waals surface area contributed by atoms with Crippen molar-refractivity contribution in [2.24, 2.45) is 7.05 Å². The van der Waals surface area contributed by atoms with Crippen molar-refractivity contribution in [3.63, 3.8) is 0 Å². The molecule has 1 atom stereocenters. The van der Waals surface area contributed by atoms with E-state index in [-0.39, 0.29) is 11.9 Å². The summed E-state index contributed by atoms with van der Waals surface area (Å²) in [4.78, 5) is 14.8. The molecule has 0 aliphatic carbocycles. The molecule has 1 saturated heterocycles. The second kappa shape index (κ2) is 5.93. The molecule has 1 aromatic carbocycles. The number of aromatic nitrogens is 2. The van der Waals surface area contributed by atoms with Gasteiger partial charge in [0.1, 0.15) is 0 Å². The number of hydrogen-bond donors (Lipinski definition) is 0. The van der Waals surface area contributed by atoms with Crippen LogP contribution in [0.5, 0.6) is 0 Å². The fraction of sp³-hybridized carbons (Fsp3) is 0.412. The Morgan fingerprint density at radius 2 is 2.00 bits per heavy atom. The van der Waals surface area contributed by atoms with Crippen LogP contribution in [0, 0.1) is 13.8 Å². The second-order valence-electron chi connectivity index (χ2n) is 5.66. The average molecular weight is 299 g/mol. The van der Waals surface area contributed by atoms with Gasteiger partial charge in [0.05, 0.1) is 24.9 Å². The number of carbonyl (C=O) groups is 1. The summed E-state index contributed by atoms with van der Waals surface area (Å²) in [6.45, 7) is 5.72. The SMILES string of the molecule is Cc1nn(C)c(C)c1C1COCCN1C(=O)c1ccccc1. The van der Waals surface area contributed by atoms with Gasteiger partial charge in [0.2, 0.25) is 0 Å². The first kappa shape index (κ1) is 14.8. The van der Waals surface area contributed by atoms with E-state index in [1.165, 1.54) is 0 Å². The van der Waals surface area contributed by atoms with Crippen LogP contribution in [-0.4, -0.2) is 40.3 Å². The molecule has 5 heteroatoms. The molecule has 22 heavy (non-hydrogen) atoms. The summed E-state index contributed by atoms with van der Waals surface area (Å²) in [7, 11) is 1.93. The monoisotopic (exact) mass is 299 g/mol. The van der Waals surface area contributed by atoms with Crippen LogP contribution in [0.4, 0.5) is 0 Å². The largest absolute Gasteiger partial charge is 0.377 e. The fourth-order valence-corrected chi connectivity index (χ4v) is 3.10. The van der Waals surface area contributed by atoms with Crippen LogP contribution in [0.3, 0.4) is 0 Å². The standard InChI is InChI=1S/C17H21N3O2/c1-12-16(13(2)19(3)18-12)15-11-22-10-9-20(15)17(21)14-7-5-4-6-8-14/h4-8,15H,9-11H2,1-3H3. The van der Waals surface area contributed by atoms with Gasteiger partial charge in [-0.2, -0.15) is 5.10 Å². The molecule has 3 rings (SSSR count). The van der Waals surface area contributed by atoms with Gasteiger partial charge in [-0.15, -0.1) is 0 Å². The molecular weight excluding hydrogens is 278 g/mol. The molecule has 0 bridgehead atoms. The van der Waals surface area contributed by atoms with Crippen molar-refractivity contribution in [3.8, 4) is 0 Å². The number of carbonyl (C=O) groups excluding carboxylic acids is 1. The highest BCUT2D eigenvalue weighted by Gasteiger charge is 2.32. The summed E-state index contributed by atoms with van der Waals surface area (Å²) in [6.07, 6.45) is 0. The first-order chi connectivity index (χ1) is 10.6. The Kier molecular flexibility index (Phi) is 3.98. The van der Waals surface area contributed by atoms with Crippen molar-refractivity contribution < 1.29 is 9.53 Å². The molecule has 1 aliphatic rings. The Labute approximate surface area is 130 Å². The Hall–Kier alpha value is -2.14. The van der Waals surface area contributed by atoms with Crippen LogP contribution in [0.2, 0.25) is 0 Å². The Morgan fingerprint density at radius 1 is 1.27 bits per heavy atom. The van der Waals surface area contributed by atoms with Crippen molar-refractivity contribution in [2.45, 2.75) is 19.9 Å². The number of ether oxygens (including phenoxy) is 1. The number of amides is 1. The average Bonchev–Trinajstić information content (AvgIpc) is 2.80. The van der Waals surface area contributed by atoms with E-state index in [9.17, 15) is 4.79 Å². The molecule has 0 radical (unpaired) electrons. The van der Waals surface area contributed by atoms with Crippen LogP contribution in [-0.2, 0) is 11.8 Å². The van der Waals surface area contributed by atoms with Gasteiger partial charge in [-0.05, 0) is 26.0 Å². The van der Waals surface area contributed by atoms with Gasteiger partial charge >= 0.3 is 0 Å². The van der Waals surface area contributed by atoms with Gasteiger partial charge in [0.15, 0.2) is 0 Å². The predicted octanol–water partition coefficient (Wildman–Crippen LogP) is 2.25. The van der Waals surface area contributed by atoms with Crippen LogP contribution in [0.25, 0.3) is 0 Å². The first-order valence-corrected chi connectivity index (χ1v) is 7.53. The molecule has 5 nitrogen and oxygen atoms in total. The van der Waals surface area contributed by atoms with Crippen LogP contribution < -0.4 is 0 Å². The summed E-state index contributed by atoms with van der Waals surface area (Å²) in [5.74, 6) is 0.0524. The normalized spacial score (nSPS) is 18.5. The van der Waals surface area contributed by atoms with Crippen molar-refractivity contribution in [1.82, 2.24) is 14.7 Å². The molecule has 1 unspecified atom stereocenters. The Bertz CT molecular complexity index is 679. The van der Waals surface area contributed by atoms with Gasteiger partial charge in [-0.3, -0.25) is 9.48 Å². The maximum Gasteiger partial charge on any atom is 0.254 e.